The number of carbonyl (C=O) groups is 1. The molecule has 0 fully saturated rings. The number of nitrogens with two attached hydrogens (primary N) is 1. The van der Waals surface area contributed by atoms with E-state index in [-0.39, 0.29) is 23.9 Å². The predicted molar refractivity (Wildman–Crippen MR) is 90.9 cm³/mol. The maximum atomic E-state index is 11.7. The van der Waals surface area contributed by atoms with Gasteiger partial charge < -0.3 is 20.5 Å². The molecule has 0 unspecified atom stereocenters. The molecule has 0 bridgehead atoms. The van der Waals surface area contributed by atoms with Gasteiger partial charge >= 0.3 is 0 Å². The van der Waals surface area contributed by atoms with Crippen molar-refractivity contribution < 1.29 is 14.3 Å². The summed E-state index contributed by atoms with van der Waals surface area (Å²) in [5, 5.41) is 2.87. The molecule has 22 heavy (non-hydrogen) atoms. The molecule has 1 aromatic rings. The molecule has 1 amide bonds. The quantitative estimate of drug-likeness (QED) is 0.729. The molecule has 0 spiro atoms. The minimum Gasteiger partial charge on any atom is -0.497 e. The van der Waals surface area contributed by atoms with Crippen LogP contribution in [0.5, 0.6) is 11.5 Å². The number of ether oxygens (including phenoxy) is 2. The van der Waals surface area contributed by atoms with Gasteiger partial charge in [-0.1, -0.05) is 13.8 Å². The number of nitrogens with one attached hydrogen (secondary N) is 1. The SMILES string of the molecule is CCC(N)(CC)CNC(=O)CCOc1ccc(OC)cc1.Cl. The Morgan fingerprint density at radius 2 is 1.73 bits per heavy atom. The van der Waals surface area contributed by atoms with Crippen LogP contribution in [0.25, 0.3) is 0 Å². The highest BCUT2D eigenvalue weighted by Gasteiger charge is 2.20. The van der Waals surface area contributed by atoms with Gasteiger partial charge in [-0.2, -0.15) is 0 Å². The maximum absolute atomic E-state index is 11.7. The van der Waals surface area contributed by atoms with Crippen molar-refractivity contribution in [3.8, 4) is 11.5 Å². The molecule has 0 saturated carbocycles. The van der Waals surface area contributed by atoms with Gasteiger partial charge in [0.2, 0.25) is 5.91 Å². The summed E-state index contributed by atoms with van der Waals surface area (Å²) in [4.78, 5) is 11.7. The Kier molecular flexibility index (Phi) is 9.61. The number of amides is 1. The molecule has 126 valence electrons. The van der Waals surface area contributed by atoms with Crippen molar-refractivity contribution in [2.75, 3.05) is 20.3 Å². The van der Waals surface area contributed by atoms with E-state index in [0.717, 1.165) is 24.3 Å². The first-order chi connectivity index (χ1) is 10.0. The van der Waals surface area contributed by atoms with Crippen molar-refractivity contribution in [1.82, 2.24) is 5.32 Å². The van der Waals surface area contributed by atoms with Crippen LogP contribution in [0.3, 0.4) is 0 Å². The van der Waals surface area contributed by atoms with Crippen LogP contribution >= 0.6 is 12.4 Å². The fourth-order valence-electron chi connectivity index (χ4n) is 1.80. The van der Waals surface area contributed by atoms with E-state index >= 15 is 0 Å². The van der Waals surface area contributed by atoms with Gasteiger partial charge in [0.15, 0.2) is 0 Å². The van der Waals surface area contributed by atoms with Crippen molar-refractivity contribution in [3.05, 3.63) is 24.3 Å². The maximum Gasteiger partial charge on any atom is 0.223 e. The molecule has 6 heteroatoms. The van der Waals surface area contributed by atoms with E-state index in [4.69, 9.17) is 15.2 Å². The largest absolute Gasteiger partial charge is 0.497 e. The third-order valence-electron chi connectivity index (χ3n) is 3.70. The van der Waals surface area contributed by atoms with Gasteiger partial charge in [-0.15, -0.1) is 12.4 Å². The molecule has 0 atom stereocenters. The fourth-order valence-corrected chi connectivity index (χ4v) is 1.80. The lowest BCUT2D eigenvalue weighted by Gasteiger charge is -2.26. The average Bonchev–Trinajstić information content (AvgIpc) is 2.53. The van der Waals surface area contributed by atoms with E-state index < -0.39 is 0 Å². The zero-order valence-corrected chi connectivity index (χ0v) is 14.4. The van der Waals surface area contributed by atoms with E-state index in [1.807, 2.05) is 38.1 Å². The Hall–Kier alpha value is -1.46. The van der Waals surface area contributed by atoms with Crippen LogP contribution in [0, 0.1) is 0 Å². The molecule has 0 aliphatic heterocycles. The second kappa shape index (κ2) is 10.3. The zero-order chi connectivity index (χ0) is 15.7. The second-order valence-corrected chi connectivity index (χ2v) is 5.12. The predicted octanol–water partition coefficient (Wildman–Crippen LogP) is 2.52. The standard InChI is InChI=1S/C16H26N2O3.ClH/c1-4-16(17,5-2)12-18-15(19)10-11-21-14-8-6-13(20-3)7-9-14;/h6-9H,4-5,10-12,17H2,1-3H3,(H,18,19);1H. The van der Waals surface area contributed by atoms with Gasteiger partial charge in [0.05, 0.1) is 20.1 Å². The van der Waals surface area contributed by atoms with Crippen molar-refractivity contribution in [3.63, 3.8) is 0 Å². The Bertz CT molecular complexity index is 434. The summed E-state index contributed by atoms with van der Waals surface area (Å²) in [5.41, 5.74) is 5.82. The number of hydrogen-bond donors (Lipinski definition) is 2. The van der Waals surface area contributed by atoms with Crippen LogP contribution in [0.15, 0.2) is 24.3 Å². The summed E-state index contributed by atoms with van der Waals surface area (Å²) in [6.07, 6.45) is 1.99. The molecule has 0 aliphatic carbocycles. The third kappa shape index (κ3) is 7.00. The molecule has 0 aliphatic rings. The van der Waals surface area contributed by atoms with Gasteiger partial charge in [-0.3, -0.25) is 4.79 Å². The van der Waals surface area contributed by atoms with E-state index in [0.29, 0.717) is 19.6 Å². The van der Waals surface area contributed by atoms with Gasteiger partial charge in [-0.05, 0) is 37.1 Å². The Morgan fingerprint density at radius 1 is 1.18 bits per heavy atom. The number of hydrogen-bond acceptors (Lipinski definition) is 4. The first kappa shape index (κ1) is 20.5. The summed E-state index contributed by atoms with van der Waals surface area (Å²) in [6, 6.07) is 7.27. The van der Waals surface area contributed by atoms with Crippen LogP contribution < -0.4 is 20.5 Å². The lowest BCUT2D eigenvalue weighted by atomic mass is 9.94. The van der Waals surface area contributed by atoms with Gasteiger partial charge in [-0.25, -0.2) is 0 Å². The lowest BCUT2D eigenvalue weighted by molar-refractivity contribution is -0.121. The van der Waals surface area contributed by atoms with Crippen molar-refractivity contribution in [2.24, 2.45) is 5.73 Å². The number of rotatable bonds is 9. The van der Waals surface area contributed by atoms with Gasteiger partial charge in [0.25, 0.3) is 0 Å². The van der Waals surface area contributed by atoms with Crippen LogP contribution in [0.2, 0.25) is 0 Å². The Morgan fingerprint density at radius 3 is 2.23 bits per heavy atom. The highest BCUT2D eigenvalue weighted by atomic mass is 35.5. The Balaban J connectivity index is 0.00000441. The molecule has 3 N–H and O–H groups in total. The number of benzene rings is 1. The van der Waals surface area contributed by atoms with Gasteiger partial charge in [0, 0.05) is 12.1 Å². The average molecular weight is 331 g/mol. The highest BCUT2D eigenvalue weighted by molar-refractivity contribution is 5.85. The van der Waals surface area contributed by atoms with Crippen LogP contribution in [0.4, 0.5) is 0 Å². The normalized spacial score (nSPS) is 10.5. The minimum atomic E-state index is -0.313. The number of carbonyl (C=O) groups excluding carboxylic acids is 1. The van der Waals surface area contributed by atoms with Crippen molar-refractivity contribution in [1.29, 1.82) is 0 Å². The summed E-state index contributed by atoms with van der Waals surface area (Å²) in [7, 11) is 1.62. The third-order valence-corrected chi connectivity index (χ3v) is 3.70. The van der Waals surface area contributed by atoms with Crippen LogP contribution in [-0.4, -0.2) is 31.7 Å². The van der Waals surface area contributed by atoms with Crippen molar-refractivity contribution >= 4 is 18.3 Å². The summed E-state index contributed by atoms with van der Waals surface area (Å²) in [5.74, 6) is 1.46. The minimum absolute atomic E-state index is 0. The van der Waals surface area contributed by atoms with Crippen molar-refractivity contribution in [2.45, 2.75) is 38.6 Å². The molecule has 1 rings (SSSR count). The molecule has 0 saturated heterocycles. The molecule has 0 radical (unpaired) electrons. The smallest absolute Gasteiger partial charge is 0.223 e. The molecule has 0 aromatic heterocycles. The summed E-state index contributed by atoms with van der Waals surface area (Å²) < 4.78 is 10.6. The summed E-state index contributed by atoms with van der Waals surface area (Å²) >= 11 is 0. The molecular formula is C16H27ClN2O3. The van der Waals surface area contributed by atoms with E-state index in [1.165, 1.54) is 0 Å². The summed E-state index contributed by atoms with van der Waals surface area (Å²) in [6.45, 7) is 4.90. The first-order valence-electron chi connectivity index (χ1n) is 7.35. The molecule has 5 nitrogen and oxygen atoms in total. The number of halogens is 1. The van der Waals surface area contributed by atoms with Crippen LogP contribution in [-0.2, 0) is 4.79 Å². The molecule has 1 aromatic carbocycles. The molecular weight excluding hydrogens is 304 g/mol. The topological polar surface area (TPSA) is 73.6 Å². The van der Waals surface area contributed by atoms with E-state index in [9.17, 15) is 4.79 Å². The Labute approximate surface area is 139 Å². The monoisotopic (exact) mass is 330 g/mol. The zero-order valence-electron chi connectivity index (χ0n) is 13.6. The van der Waals surface area contributed by atoms with Crippen LogP contribution in [0.1, 0.15) is 33.1 Å². The second-order valence-electron chi connectivity index (χ2n) is 5.12. The lowest BCUT2D eigenvalue weighted by Crippen LogP contribution is -2.49. The number of methoxy groups -OCH3 is 1. The fraction of sp³-hybridized carbons (Fsp3) is 0.562. The first-order valence-corrected chi connectivity index (χ1v) is 7.35. The molecule has 0 heterocycles. The van der Waals surface area contributed by atoms with Gasteiger partial charge in [0.1, 0.15) is 11.5 Å². The highest BCUT2D eigenvalue weighted by Crippen LogP contribution is 2.17. The van der Waals surface area contributed by atoms with E-state index in [2.05, 4.69) is 5.32 Å². The van der Waals surface area contributed by atoms with E-state index in [1.54, 1.807) is 7.11 Å².